The zero-order valence-corrected chi connectivity index (χ0v) is 10.0. The summed E-state index contributed by atoms with van der Waals surface area (Å²) < 4.78 is 0. The van der Waals surface area contributed by atoms with Crippen molar-refractivity contribution in [3.63, 3.8) is 0 Å². The number of likely N-dealkylation sites (tertiary alicyclic amines) is 1. The van der Waals surface area contributed by atoms with Gasteiger partial charge in [-0.1, -0.05) is 30.3 Å². The molecule has 1 aromatic heterocycles. The molecular weight excluding hydrogens is 226 g/mol. The van der Waals surface area contributed by atoms with Gasteiger partial charge in [0, 0.05) is 6.54 Å². The average Bonchev–Trinajstić information content (AvgIpc) is 3.10. The Morgan fingerprint density at radius 1 is 1.33 bits per heavy atom. The molecule has 0 unspecified atom stereocenters. The molecule has 2 aromatic rings. The lowest BCUT2D eigenvalue weighted by molar-refractivity contribution is 0.0730. The highest BCUT2D eigenvalue weighted by Gasteiger charge is 2.30. The first-order valence-corrected chi connectivity index (χ1v) is 6.20. The number of hydrogen-bond acceptors (Lipinski definition) is 2. The monoisotopic (exact) mass is 241 g/mol. The number of carbonyl (C=O) groups is 1. The third-order valence-electron chi connectivity index (χ3n) is 3.43. The number of aromatic amines is 1. The largest absolute Gasteiger partial charge is 0.341 e. The molecule has 1 saturated heterocycles. The van der Waals surface area contributed by atoms with Crippen LogP contribution in [0.1, 0.15) is 34.9 Å². The first-order valence-electron chi connectivity index (χ1n) is 6.20. The average molecular weight is 241 g/mol. The van der Waals surface area contributed by atoms with Gasteiger partial charge in [0.15, 0.2) is 0 Å². The summed E-state index contributed by atoms with van der Waals surface area (Å²) in [5.41, 5.74) is 1.78. The third kappa shape index (κ3) is 1.90. The van der Waals surface area contributed by atoms with Gasteiger partial charge in [0.1, 0.15) is 5.69 Å². The van der Waals surface area contributed by atoms with Crippen LogP contribution < -0.4 is 0 Å². The van der Waals surface area contributed by atoms with E-state index >= 15 is 0 Å². The zero-order valence-electron chi connectivity index (χ0n) is 10.0. The first-order chi connectivity index (χ1) is 8.86. The number of carbonyl (C=O) groups excluding carboxylic acids is 1. The molecule has 1 amide bonds. The van der Waals surface area contributed by atoms with Crippen LogP contribution in [0.4, 0.5) is 0 Å². The van der Waals surface area contributed by atoms with E-state index in [0.29, 0.717) is 5.69 Å². The van der Waals surface area contributed by atoms with Gasteiger partial charge < -0.3 is 9.88 Å². The molecule has 1 aromatic carbocycles. The summed E-state index contributed by atoms with van der Waals surface area (Å²) in [6.45, 7) is 0.817. The molecule has 4 heteroatoms. The molecule has 4 nitrogen and oxygen atoms in total. The van der Waals surface area contributed by atoms with Crippen LogP contribution in [0.2, 0.25) is 0 Å². The number of amides is 1. The van der Waals surface area contributed by atoms with E-state index in [1.807, 2.05) is 23.1 Å². The fourth-order valence-corrected chi connectivity index (χ4v) is 2.56. The summed E-state index contributed by atoms with van der Waals surface area (Å²) in [7, 11) is 0. The van der Waals surface area contributed by atoms with Gasteiger partial charge >= 0.3 is 0 Å². The number of benzene rings is 1. The lowest BCUT2D eigenvalue weighted by Crippen LogP contribution is -2.30. The van der Waals surface area contributed by atoms with Crippen molar-refractivity contribution in [3.05, 3.63) is 54.1 Å². The Bertz CT molecular complexity index is 521. The van der Waals surface area contributed by atoms with E-state index in [2.05, 4.69) is 22.1 Å². The van der Waals surface area contributed by atoms with Gasteiger partial charge in [-0.2, -0.15) is 0 Å². The minimum atomic E-state index is 0.0406. The quantitative estimate of drug-likeness (QED) is 0.877. The van der Waals surface area contributed by atoms with Crippen molar-refractivity contribution in [2.75, 3.05) is 6.54 Å². The summed E-state index contributed by atoms with van der Waals surface area (Å²) in [6.07, 6.45) is 5.22. The van der Waals surface area contributed by atoms with Crippen LogP contribution in [0.3, 0.4) is 0 Å². The second kappa shape index (κ2) is 4.64. The van der Waals surface area contributed by atoms with Crippen molar-refractivity contribution in [1.29, 1.82) is 0 Å². The van der Waals surface area contributed by atoms with Gasteiger partial charge in [-0.25, -0.2) is 4.98 Å². The number of H-pyrrole nitrogens is 1. The van der Waals surface area contributed by atoms with Crippen molar-refractivity contribution < 1.29 is 4.79 Å². The van der Waals surface area contributed by atoms with Gasteiger partial charge in [-0.3, -0.25) is 4.79 Å². The van der Waals surface area contributed by atoms with Gasteiger partial charge in [0.25, 0.3) is 5.91 Å². The van der Waals surface area contributed by atoms with E-state index in [-0.39, 0.29) is 11.9 Å². The van der Waals surface area contributed by atoms with Gasteiger partial charge in [-0.15, -0.1) is 0 Å². The maximum Gasteiger partial charge on any atom is 0.272 e. The summed E-state index contributed by atoms with van der Waals surface area (Å²) in [5.74, 6) is 0.0406. The topological polar surface area (TPSA) is 49.0 Å². The molecule has 0 spiro atoms. The Kier molecular flexibility index (Phi) is 2.84. The lowest BCUT2D eigenvalue weighted by Gasteiger charge is -2.24. The Morgan fingerprint density at radius 3 is 2.89 bits per heavy atom. The van der Waals surface area contributed by atoms with E-state index in [4.69, 9.17) is 0 Å². The maximum atomic E-state index is 12.3. The molecule has 1 aliphatic heterocycles. The molecule has 92 valence electrons. The van der Waals surface area contributed by atoms with E-state index in [0.717, 1.165) is 19.4 Å². The molecular formula is C14H15N3O. The maximum absolute atomic E-state index is 12.3. The fraction of sp³-hybridized carbons (Fsp3) is 0.286. The molecule has 0 radical (unpaired) electrons. The predicted octanol–water partition coefficient (Wildman–Crippen LogP) is 2.39. The summed E-state index contributed by atoms with van der Waals surface area (Å²) in [4.78, 5) is 21.1. The van der Waals surface area contributed by atoms with Gasteiger partial charge in [0.2, 0.25) is 0 Å². The fourth-order valence-electron chi connectivity index (χ4n) is 2.56. The highest BCUT2D eigenvalue weighted by molar-refractivity contribution is 5.92. The van der Waals surface area contributed by atoms with Crippen LogP contribution in [-0.4, -0.2) is 27.3 Å². The lowest BCUT2D eigenvalue weighted by atomic mass is 10.0. The highest BCUT2D eigenvalue weighted by Crippen LogP contribution is 2.32. The molecule has 3 rings (SSSR count). The number of nitrogens with zero attached hydrogens (tertiary/aromatic N) is 2. The Labute approximate surface area is 106 Å². The van der Waals surface area contributed by atoms with Gasteiger partial charge in [0.05, 0.1) is 18.6 Å². The van der Waals surface area contributed by atoms with Crippen LogP contribution in [0.25, 0.3) is 0 Å². The van der Waals surface area contributed by atoms with Crippen molar-refractivity contribution in [2.45, 2.75) is 18.9 Å². The second-order valence-corrected chi connectivity index (χ2v) is 4.53. The Balaban J connectivity index is 1.86. The molecule has 1 aliphatic rings. The van der Waals surface area contributed by atoms with E-state index in [1.165, 1.54) is 5.56 Å². The van der Waals surface area contributed by atoms with E-state index in [1.54, 1.807) is 12.5 Å². The number of nitrogens with one attached hydrogen (secondary N) is 1. The molecule has 18 heavy (non-hydrogen) atoms. The zero-order chi connectivity index (χ0) is 12.4. The van der Waals surface area contributed by atoms with Crippen LogP contribution >= 0.6 is 0 Å². The summed E-state index contributed by atoms with van der Waals surface area (Å²) >= 11 is 0. The molecule has 0 saturated carbocycles. The summed E-state index contributed by atoms with van der Waals surface area (Å²) in [6, 6.07) is 10.4. The minimum Gasteiger partial charge on any atom is -0.341 e. The van der Waals surface area contributed by atoms with Crippen molar-refractivity contribution >= 4 is 5.91 Å². The number of hydrogen-bond donors (Lipinski definition) is 1. The standard InChI is InChI=1S/C14H15N3O/c18-14(12-9-15-10-16-12)17-8-4-7-13(17)11-5-2-1-3-6-11/h1-3,5-6,9-10,13H,4,7-8H2,(H,15,16)/t13-/m0/s1. The summed E-state index contributed by atoms with van der Waals surface area (Å²) in [5, 5.41) is 0. The van der Waals surface area contributed by atoms with Crippen molar-refractivity contribution in [2.24, 2.45) is 0 Å². The Hall–Kier alpha value is -2.10. The first kappa shape index (κ1) is 11.0. The second-order valence-electron chi connectivity index (χ2n) is 4.53. The minimum absolute atomic E-state index is 0.0406. The predicted molar refractivity (Wildman–Crippen MR) is 68.0 cm³/mol. The molecule has 1 atom stereocenters. The number of aromatic nitrogens is 2. The van der Waals surface area contributed by atoms with Crippen LogP contribution in [0.15, 0.2) is 42.9 Å². The van der Waals surface area contributed by atoms with Crippen molar-refractivity contribution in [1.82, 2.24) is 14.9 Å². The van der Waals surface area contributed by atoms with E-state index in [9.17, 15) is 4.79 Å². The molecule has 2 heterocycles. The molecule has 0 bridgehead atoms. The third-order valence-corrected chi connectivity index (χ3v) is 3.43. The van der Waals surface area contributed by atoms with Crippen LogP contribution in [0.5, 0.6) is 0 Å². The number of rotatable bonds is 2. The highest BCUT2D eigenvalue weighted by atomic mass is 16.2. The SMILES string of the molecule is O=C(c1cnc[nH]1)N1CCC[C@H]1c1ccccc1. The molecule has 0 aliphatic carbocycles. The van der Waals surface area contributed by atoms with Gasteiger partial charge in [-0.05, 0) is 18.4 Å². The van der Waals surface area contributed by atoms with Crippen molar-refractivity contribution in [3.8, 4) is 0 Å². The van der Waals surface area contributed by atoms with Crippen LogP contribution in [-0.2, 0) is 0 Å². The molecule has 1 N–H and O–H groups in total. The number of imidazole rings is 1. The normalized spacial score (nSPS) is 19.1. The van der Waals surface area contributed by atoms with E-state index < -0.39 is 0 Å². The smallest absolute Gasteiger partial charge is 0.272 e. The van der Waals surface area contributed by atoms with Crippen LogP contribution in [0, 0.1) is 0 Å². The Morgan fingerprint density at radius 2 is 2.17 bits per heavy atom. The molecule has 1 fully saturated rings.